The van der Waals surface area contributed by atoms with E-state index < -0.39 is 12.1 Å². The van der Waals surface area contributed by atoms with Crippen LogP contribution in [0.3, 0.4) is 0 Å². The molecule has 1 aliphatic carbocycles. The molecule has 1 fully saturated rings. The highest BCUT2D eigenvalue weighted by molar-refractivity contribution is 5.99. The summed E-state index contributed by atoms with van der Waals surface area (Å²) in [4.78, 5) is 37.8. The summed E-state index contributed by atoms with van der Waals surface area (Å²) < 4.78 is 6.63. The molecule has 184 valence electrons. The minimum Gasteiger partial charge on any atom is -0.478 e. The molecule has 0 atom stereocenters. The van der Waals surface area contributed by atoms with E-state index in [1.54, 1.807) is 43.3 Å². The molecule has 3 aromatic rings. The van der Waals surface area contributed by atoms with E-state index in [-0.39, 0.29) is 18.0 Å². The van der Waals surface area contributed by atoms with Gasteiger partial charge in [-0.05, 0) is 54.2 Å². The van der Waals surface area contributed by atoms with Gasteiger partial charge in [0.1, 0.15) is 6.54 Å². The Hall–Kier alpha value is -3.81. The van der Waals surface area contributed by atoms with Crippen molar-refractivity contribution in [2.24, 2.45) is 0 Å². The molecule has 8 nitrogen and oxygen atoms in total. The number of carboxylic acids is 1. The van der Waals surface area contributed by atoms with E-state index in [0.29, 0.717) is 11.6 Å². The van der Waals surface area contributed by atoms with E-state index in [1.807, 2.05) is 22.8 Å². The Kier molecular flexibility index (Phi) is 7.10. The number of hydrogen-bond acceptors (Lipinski definition) is 4. The molecule has 1 saturated carbocycles. The zero-order valence-electron chi connectivity index (χ0n) is 20.3. The van der Waals surface area contributed by atoms with Crippen LogP contribution >= 0.6 is 0 Å². The molecule has 2 N–H and O–H groups in total. The largest absolute Gasteiger partial charge is 0.478 e. The second-order valence-corrected chi connectivity index (χ2v) is 9.20. The Morgan fingerprint density at radius 2 is 1.74 bits per heavy atom. The van der Waals surface area contributed by atoms with Crippen LogP contribution in [0, 0.1) is 0 Å². The number of carbonyl (C=O) groups excluding carboxylic acids is 2. The summed E-state index contributed by atoms with van der Waals surface area (Å²) in [6, 6.07) is 12.6. The number of ether oxygens (including phenoxy) is 1. The number of aromatic nitrogens is 1. The van der Waals surface area contributed by atoms with Crippen molar-refractivity contribution >= 4 is 34.6 Å². The number of carbonyl (C=O) groups is 3. The number of carboxylic acid groups (broad SMARTS) is 1. The highest BCUT2D eigenvalue weighted by atomic mass is 16.5. The number of fused-ring (bicyclic) bond motifs is 1. The predicted molar refractivity (Wildman–Crippen MR) is 135 cm³/mol. The highest BCUT2D eigenvalue weighted by Crippen LogP contribution is 2.44. The van der Waals surface area contributed by atoms with Crippen molar-refractivity contribution in [2.75, 3.05) is 26.5 Å². The number of nitrogens with zero attached hydrogens (tertiary/aromatic N) is 2. The number of likely N-dealkylation sites (N-methyl/N-ethyl adjacent to an activating group) is 1. The molecule has 0 bridgehead atoms. The number of benzene rings is 2. The van der Waals surface area contributed by atoms with Crippen LogP contribution < -0.4 is 5.32 Å². The Morgan fingerprint density at radius 3 is 2.34 bits per heavy atom. The average Bonchev–Trinajstić information content (AvgIpc) is 3.18. The molecular formula is C27H31N3O5. The van der Waals surface area contributed by atoms with E-state index in [1.165, 1.54) is 13.5 Å². The van der Waals surface area contributed by atoms with Gasteiger partial charge >= 0.3 is 12.1 Å². The van der Waals surface area contributed by atoms with Crippen LogP contribution in [0.15, 0.2) is 42.5 Å². The first-order chi connectivity index (χ1) is 16.8. The van der Waals surface area contributed by atoms with Crippen LogP contribution in [0.2, 0.25) is 0 Å². The van der Waals surface area contributed by atoms with Crippen molar-refractivity contribution in [1.82, 2.24) is 9.47 Å². The van der Waals surface area contributed by atoms with Gasteiger partial charge in [0.15, 0.2) is 0 Å². The third-order valence-corrected chi connectivity index (χ3v) is 6.75. The molecule has 0 saturated heterocycles. The lowest BCUT2D eigenvalue weighted by atomic mass is 9.81. The summed E-state index contributed by atoms with van der Waals surface area (Å²) in [5, 5.41) is 13.3. The zero-order valence-corrected chi connectivity index (χ0v) is 20.3. The van der Waals surface area contributed by atoms with Crippen molar-refractivity contribution in [3.8, 4) is 11.3 Å². The number of rotatable bonds is 6. The molecule has 8 heteroatoms. The van der Waals surface area contributed by atoms with Crippen molar-refractivity contribution in [3.05, 3.63) is 53.6 Å². The third kappa shape index (κ3) is 5.01. The van der Waals surface area contributed by atoms with Gasteiger partial charge in [-0.15, -0.1) is 0 Å². The molecule has 1 aromatic heterocycles. The van der Waals surface area contributed by atoms with Crippen molar-refractivity contribution in [2.45, 2.75) is 44.6 Å². The molecule has 1 aliphatic rings. The first kappa shape index (κ1) is 24.3. The summed E-state index contributed by atoms with van der Waals surface area (Å²) in [5.74, 6) is -0.763. The van der Waals surface area contributed by atoms with Gasteiger partial charge in [-0.2, -0.15) is 0 Å². The fourth-order valence-electron chi connectivity index (χ4n) is 4.95. The van der Waals surface area contributed by atoms with Crippen molar-refractivity contribution < 1.29 is 24.2 Å². The van der Waals surface area contributed by atoms with Crippen molar-refractivity contribution in [3.63, 3.8) is 0 Å². The smallest absolute Gasteiger partial charge is 0.411 e. The first-order valence-corrected chi connectivity index (χ1v) is 11.8. The quantitative estimate of drug-likeness (QED) is 0.500. The van der Waals surface area contributed by atoms with Gasteiger partial charge in [0.05, 0.1) is 23.9 Å². The average molecular weight is 478 g/mol. The Balaban J connectivity index is 1.95. The second-order valence-electron chi connectivity index (χ2n) is 9.20. The second kappa shape index (κ2) is 10.2. The zero-order chi connectivity index (χ0) is 25.1. The molecule has 0 aliphatic heterocycles. The lowest BCUT2D eigenvalue weighted by molar-refractivity contribution is -0.129. The lowest BCUT2D eigenvalue weighted by Gasteiger charge is -2.24. The maximum absolute atomic E-state index is 12.9. The minimum absolute atomic E-state index is 0.0805. The number of methoxy groups -OCH3 is 1. The first-order valence-electron chi connectivity index (χ1n) is 11.8. The van der Waals surface area contributed by atoms with Gasteiger partial charge in [-0.3, -0.25) is 10.1 Å². The molecule has 1 heterocycles. The Morgan fingerprint density at radius 1 is 1.06 bits per heavy atom. The van der Waals surface area contributed by atoms with Crippen LogP contribution in [-0.2, 0) is 16.1 Å². The summed E-state index contributed by atoms with van der Waals surface area (Å²) in [6.45, 7) is 0.0940. The monoisotopic (exact) mass is 477 g/mol. The van der Waals surface area contributed by atoms with E-state index in [2.05, 4.69) is 10.1 Å². The fraction of sp³-hybridized carbons (Fsp3) is 0.370. The normalized spacial score (nSPS) is 14.0. The molecular weight excluding hydrogens is 446 g/mol. The van der Waals surface area contributed by atoms with Gasteiger partial charge in [0.25, 0.3) is 0 Å². The SMILES string of the molecule is COC(=O)Nc1ccc(-c2c(C3CCCCC3)c3ccc(C(=O)O)cc3n2CC(=O)N(C)C)cc1. The third-order valence-electron chi connectivity index (χ3n) is 6.75. The molecule has 2 amide bonds. The van der Waals surface area contributed by atoms with Crippen LogP contribution in [-0.4, -0.2) is 53.7 Å². The highest BCUT2D eigenvalue weighted by Gasteiger charge is 2.28. The van der Waals surface area contributed by atoms with Gasteiger partial charge in [0.2, 0.25) is 5.91 Å². The number of anilines is 1. The van der Waals surface area contributed by atoms with Gasteiger partial charge in [-0.1, -0.05) is 37.5 Å². The molecule has 0 spiro atoms. The fourth-order valence-corrected chi connectivity index (χ4v) is 4.95. The van der Waals surface area contributed by atoms with E-state index >= 15 is 0 Å². The summed E-state index contributed by atoms with van der Waals surface area (Å²) >= 11 is 0. The van der Waals surface area contributed by atoms with E-state index in [4.69, 9.17) is 0 Å². The number of nitrogens with one attached hydrogen (secondary N) is 1. The molecule has 35 heavy (non-hydrogen) atoms. The topological polar surface area (TPSA) is 101 Å². The maximum Gasteiger partial charge on any atom is 0.411 e. The van der Waals surface area contributed by atoms with Gasteiger partial charge in [-0.25, -0.2) is 9.59 Å². The van der Waals surface area contributed by atoms with Gasteiger partial charge < -0.3 is 19.3 Å². The van der Waals surface area contributed by atoms with Crippen LogP contribution in [0.25, 0.3) is 22.2 Å². The van der Waals surface area contributed by atoms with Gasteiger partial charge in [0, 0.05) is 25.2 Å². The summed E-state index contributed by atoms with van der Waals surface area (Å²) in [6.07, 6.45) is 5.05. The Bertz CT molecular complexity index is 1250. The minimum atomic E-state index is -1.00. The van der Waals surface area contributed by atoms with Crippen LogP contribution in [0.5, 0.6) is 0 Å². The van der Waals surface area contributed by atoms with E-state index in [0.717, 1.165) is 53.4 Å². The van der Waals surface area contributed by atoms with Crippen molar-refractivity contribution in [1.29, 1.82) is 0 Å². The molecule has 4 rings (SSSR count). The predicted octanol–water partition coefficient (Wildman–Crippen LogP) is 5.32. The lowest BCUT2D eigenvalue weighted by Crippen LogP contribution is -2.26. The Labute approximate surface area is 204 Å². The standard InChI is InChI=1S/C27H31N3O5/c1-29(2)23(31)16-30-22-15-19(26(32)33)11-14-21(22)24(17-7-5-4-6-8-17)25(30)18-9-12-20(13-10-18)28-27(34)35-3/h9-15,17H,4-8,16H2,1-3H3,(H,28,34)(H,32,33). The number of hydrogen-bond donors (Lipinski definition) is 2. The summed E-state index contributed by atoms with van der Waals surface area (Å²) in [7, 11) is 4.74. The molecule has 0 unspecified atom stereocenters. The van der Waals surface area contributed by atoms with Crippen LogP contribution in [0.1, 0.15) is 53.9 Å². The maximum atomic E-state index is 12.9. The molecule has 2 aromatic carbocycles. The molecule has 0 radical (unpaired) electrons. The number of amides is 2. The van der Waals surface area contributed by atoms with E-state index in [9.17, 15) is 19.5 Å². The van der Waals surface area contributed by atoms with Crippen LogP contribution in [0.4, 0.5) is 10.5 Å². The summed E-state index contributed by atoms with van der Waals surface area (Å²) in [5.41, 5.74) is 4.52. The number of aromatic carboxylic acids is 1.